The molecule has 1 aromatic carbocycles. The molecule has 0 radical (unpaired) electrons. The Morgan fingerprint density at radius 2 is 2.19 bits per heavy atom. The molecule has 0 saturated carbocycles. The minimum atomic E-state index is -0.126. The van der Waals surface area contributed by atoms with Gasteiger partial charge >= 0.3 is 6.03 Å². The smallest absolute Gasteiger partial charge is 0.322 e. The minimum absolute atomic E-state index is 0.0251. The number of nitrogens with zero attached hydrogens (tertiary/aromatic N) is 3. The number of nitrogens with one attached hydrogen (secondary N) is 1. The third kappa shape index (κ3) is 3.19. The second-order valence-corrected chi connectivity index (χ2v) is 7.26. The lowest BCUT2D eigenvalue weighted by molar-refractivity contribution is 0.106. The summed E-state index contributed by atoms with van der Waals surface area (Å²) in [5, 5.41) is 8.26. The lowest BCUT2D eigenvalue weighted by atomic mass is 9.95. The van der Waals surface area contributed by atoms with Crippen molar-refractivity contribution in [2.45, 2.75) is 38.3 Å². The number of piperidine rings is 1. The highest BCUT2D eigenvalue weighted by Crippen LogP contribution is 2.35. The van der Waals surface area contributed by atoms with Gasteiger partial charge in [0.25, 0.3) is 0 Å². The van der Waals surface area contributed by atoms with Gasteiger partial charge in [0.05, 0.1) is 35.7 Å². The number of amides is 2. The van der Waals surface area contributed by atoms with Gasteiger partial charge in [-0.25, -0.2) is 4.79 Å². The highest BCUT2D eigenvalue weighted by molar-refractivity contribution is 6.33. The van der Waals surface area contributed by atoms with Crippen molar-refractivity contribution >= 4 is 23.3 Å². The molecule has 7 heteroatoms. The third-order valence-corrected chi connectivity index (χ3v) is 5.56. The molecule has 3 heterocycles. The largest absolute Gasteiger partial charge is 0.376 e. The van der Waals surface area contributed by atoms with Crippen molar-refractivity contribution in [3.8, 4) is 0 Å². The fourth-order valence-electron chi connectivity index (χ4n) is 3.91. The van der Waals surface area contributed by atoms with Crippen LogP contribution in [0.2, 0.25) is 5.02 Å². The van der Waals surface area contributed by atoms with E-state index < -0.39 is 0 Å². The second kappa shape index (κ2) is 7.29. The first-order valence-corrected chi connectivity index (χ1v) is 9.47. The number of fused-ring (bicyclic) bond motifs is 1. The van der Waals surface area contributed by atoms with E-state index in [-0.39, 0.29) is 12.1 Å². The molecule has 1 saturated heterocycles. The zero-order valence-corrected chi connectivity index (χ0v) is 15.6. The summed E-state index contributed by atoms with van der Waals surface area (Å²) < 4.78 is 7.61. The number of likely N-dealkylation sites (tertiary alicyclic amines) is 1. The van der Waals surface area contributed by atoms with Crippen LogP contribution in [0.3, 0.4) is 0 Å². The Hall–Kier alpha value is -2.05. The molecular weight excluding hydrogens is 352 g/mol. The van der Waals surface area contributed by atoms with E-state index in [4.69, 9.17) is 21.4 Å². The van der Waals surface area contributed by atoms with Gasteiger partial charge < -0.3 is 15.0 Å². The summed E-state index contributed by atoms with van der Waals surface area (Å²) in [6.07, 6.45) is 3.88. The molecule has 0 aliphatic carbocycles. The van der Waals surface area contributed by atoms with Crippen molar-refractivity contribution in [1.29, 1.82) is 0 Å². The number of anilines is 1. The molecule has 2 aliphatic heterocycles. The molecule has 6 nitrogen and oxygen atoms in total. The zero-order chi connectivity index (χ0) is 18.1. The van der Waals surface area contributed by atoms with E-state index in [0.29, 0.717) is 23.9 Å². The van der Waals surface area contributed by atoms with Crippen LogP contribution in [0.25, 0.3) is 0 Å². The molecule has 1 atom stereocenters. The van der Waals surface area contributed by atoms with Crippen LogP contribution in [0.15, 0.2) is 24.3 Å². The van der Waals surface area contributed by atoms with Crippen molar-refractivity contribution < 1.29 is 9.53 Å². The third-order valence-electron chi connectivity index (χ3n) is 5.23. The highest BCUT2D eigenvalue weighted by Gasteiger charge is 2.34. The molecular formula is C19H23ClN4O2. The predicted octanol–water partition coefficient (Wildman–Crippen LogP) is 3.91. The molecule has 2 amide bonds. The number of rotatable bonds is 2. The molecule has 1 fully saturated rings. The van der Waals surface area contributed by atoms with Gasteiger partial charge in [-0.2, -0.15) is 5.10 Å². The Kier molecular flexibility index (Phi) is 4.87. The molecule has 2 aromatic rings. The Balaban J connectivity index is 1.61. The van der Waals surface area contributed by atoms with Crippen LogP contribution in [0, 0.1) is 0 Å². The van der Waals surface area contributed by atoms with E-state index in [1.54, 1.807) is 6.07 Å². The number of urea groups is 1. The summed E-state index contributed by atoms with van der Waals surface area (Å²) >= 11 is 6.19. The number of para-hydroxylation sites is 1. The number of carbonyl (C=O) groups is 1. The number of halogens is 1. The summed E-state index contributed by atoms with van der Waals surface area (Å²) in [5.74, 6) is 0. The first-order chi connectivity index (χ1) is 12.6. The maximum absolute atomic E-state index is 13.0. The van der Waals surface area contributed by atoms with Gasteiger partial charge in [0.2, 0.25) is 0 Å². The molecule has 0 spiro atoms. The fraction of sp³-hybridized carbons (Fsp3) is 0.474. The topological polar surface area (TPSA) is 59.4 Å². The first kappa shape index (κ1) is 17.4. The maximum Gasteiger partial charge on any atom is 0.322 e. The van der Waals surface area contributed by atoms with E-state index in [2.05, 4.69) is 5.32 Å². The molecule has 4 rings (SSSR count). The van der Waals surface area contributed by atoms with Crippen molar-refractivity contribution in [2.24, 2.45) is 7.05 Å². The summed E-state index contributed by atoms with van der Waals surface area (Å²) in [5.41, 5.74) is 4.00. The van der Waals surface area contributed by atoms with Crippen molar-refractivity contribution in [3.63, 3.8) is 0 Å². The predicted molar refractivity (Wildman–Crippen MR) is 100 cm³/mol. The van der Waals surface area contributed by atoms with Gasteiger partial charge in [0, 0.05) is 31.3 Å². The SMILES string of the molecule is Cn1nc(C2CCCCN2C(=O)Nc2ccccc2Cl)c2c1CCOC2. The van der Waals surface area contributed by atoms with Crippen LogP contribution in [-0.4, -0.2) is 33.9 Å². The number of aromatic nitrogens is 2. The summed E-state index contributed by atoms with van der Waals surface area (Å²) in [4.78, 5) is 14.9. The molecule has 2 aliphatic rings. The Morgan fingerprint density at radius 1 is 1.35 bits per heavy atom. The van der Waals surface area contributed by atoms with Crippen molar-refractivity contribution in [2.75, 3.05) is 18.5 Å². The quantitative estimate of drug-likeness (QED) is 0.867. The van der Waals surface area contributed by atoms with Crippen LogP contribution in [0.5, 0.6) is 0 Å². The van der Waals surface area contributed by atoms with E-state index in [9.17, 15) is 4.79 Å². The van der Waals surface area contributed by atoms with Gasteiger partial charge in [-0.05, 0) is 31.4 Å². The Bertz CT molecular complexity index is 820. The number of benzene rings is 1. The molecule has 138 valence electrons. The normalized spacial score (nSPS) is 19.9. The number of aryl methyl sites for hydroxylation is 1. The monoisotopic (exact) mass is 374 g/mol. The average Bonchev–Trinajstić information content (AvgIpc) is 3.00. The lowest BCUT2D eigenvalue weighted by Crippen LogP contribution is -2.41. The van der Waals surface area contributed by atoms with E-state index in [1.165, 1.54) is 5.69 Å². The number of hydrogen-bond donors (Lipinski definition) is 1. The fourth-order valence-corrected chi connectivity index (χ4v) is 4.10. The molecule has 26 heavy (non-hydrogen) atoms. The van der Waals surface area contributed by atoms with Crippen molar-refractivity contribution in [3.05, 3.63) is 46.2 Å². The van der Waals surface area contributed by atoms with Gasteiger partial charge in [-0.1, -0.05) is 23.7 Å². The maximum atomic E-state index is 13.0. The van der Waals surface area contributed by atoms with Gasteiger partial charge in [0.15, 0.2) is 0 Å². The second-order valence-electron chi connectivity index (χ2n) is 6.85. The standard InChI is InChI=1S/C19H23ClN4O2/c1-23-16-9-11-26-12-13(16)18(22-23)17-8-4-5-10-24(17)19(25)21-15-7-3-2-6-14(15)20/h2-3,6-7,17H,4-5,8-12H2,1H3,(H,21,25). The minimum Gasteiger partial charge on any atom is -0.376 e. The number of carbonyl (C=O) groups excluding carboxylic acids is 1. The van der Waals surface area contributed by atoms with E-state index in [1.807, 2.05) is 34.8 Å². The number of ether oxygens (including phenoxy) is 1. The molecule has 0 bridgehead atoms. The lowest BCUT2D eigenvalue weighted by Gasteiger charge is -2.35. The summed E-state index contributed by atoms with van der Waals surface area (Å²) in [7, 11) is 1.98. The average molecular weight is 375 g/mol. The highest BCUT2D eigenvalue weighted by atomic mass is 35.5. The van der Waals surface area contributed by atoms with Gasteiger partial charge in [0.1, 0.15) is 0 Å². The van der Waals surface area contributed by atoms with E-state index in [0.717, 1.165) is 43.5 Å². The Labute approximate surface area is 158 Å². The van der Waals surface area contributed by atoms with Gasteiger partial charge in [-0.15, -0.1) is 0 Å². The van der Waals surface area contributed by atoms with Crippen LogP contribution < -0.4 is 5.32 Å². The molecule has 1 N–H and O–H groups in total. The van der Waals surface area contributed by atoms with E-state index >= 15 is 0 Å². The molecule has 1 aromatic heterocycles. The van der Waals surface area contributed by atoms with Crippen LogP contribution in [-0.2, 0) is 24.8 Å². The number of hydrogen-bond acceptors (Lipinski definition) is 3. The van der Waals surface area contributed by atoms with Crippen LogP contribution in [0.4, 0.5) is 10.5 Å². The van der Waals surface area contributed by atoms with Gasteiger partial charge in [-0.3, -0.25) is 4.68 Å². The first-order valence-electron chi connectivity index (χ1n) is 9.09. The van der Waals surface area contributed by atoms with Crippen molar-refractivity contribution in [1.82, 2.24) is 14.7 Å². The summed E-state index contributed by atoms with van der Waals surface area (Å²) in [6.45, 7) is 2.02. The summed E-state index contributed by atoms with van der Waals surface area (Å²) in [6, 6.07) is 7.15. The van der Waals surface area contributed by atoms with Crippen LogP contribution >= 0.6 is 11.6 Å². The molecule has 1 unspecified atom stereocenters. The zero-order valence-electron chi connectivity index (χ0n) is 14.9. The van der Waals surface area contributed by atoms with Crippen LogP contribution in [0.1, 0.15) is 42.3 Å². The Morgan fingerprint density at radius 3 is 3.04 bits per heavy atom.